The SMILES string of the molecule is CC(O)Cl.[Y]. The minimum absolute atomic E-state index is 0. The molecule has 0 saturated carbocycles. The van der Waals surface area contributed by atoms with Crippen molar-refractivity contribution in [3.63, 3.8) is 0 Å². The van der Waals surface area contributed by atoms with Crippen molar-refractivity contribution in [2.24, 2.45) is 0 Å². The van der Waals surface area contributed by atoms with Crippen molar-refractivity contribution in [3.8, 4) is 0 Å². The molecule has 29 valence electrons. The number of hydrogen-bond donors (Lipinski definition) is 1. The van der Waals surface area contributed by atoms with Crippen molar-refractivity contribution < 1.29 is 37.8 Å². The van der Waals surface area contributed by atoms with Crippen LogP contribution in [0.25, 0.3) is 0 Å². The molecule has 0 heterocycles. The number of aliphatic hydroxyl groups is 1. The third kappa shape index (κ3) is 32.9. The predicted molar refractivity (Wildman–Crippen MR) is 17.5 cm³/mol. The molecule has 0 saturated heterocycles. The Hall–Kier alpha value is 1.35. The van der Waals surface area contributed by atoms with Crippen molar-refractivity contribution in [1.29, 1.82) is 0 Å². The minimum atomic E-state index is -0.694. The van der Waals surface area contributed by atoms with Crippen LogP contribution in [0.2, 0.25) is 0 Å². The van der Waals surface area contributed by atoms with Gasteiger partial charge in [0.2, 0.25) is 0 Å². The third-order valence-electron chi connectivity index (χ3n) is 0. The van der Waals surface area contributed by atoms with Crippen LogP contribution in [0, 0.1) is 0 Å². The van der Waals surface area contributed by atoms with Gasteiger partial charge in [-0.1, -0.05) is 11.6 Å². The van der Waals surface area contributed by atoms with Crippen molar-refractivity contribution in [3.05, 3.63) is 0 Å². The predicted octanol–water partition coefficient (Wildman–Crippen LogP) is 0.561. The largest absolute Gasteiger partial charge is 0.378 e. The average molecular weight is 169 g/mol. The van der Waals surface area contributed by atoms with Crippen LogP contribution in [-0.2, 0) is 32.7 Å². The van der Waals surface area contributed by atoms with Crippen molar-refractivity contribution >= 4 is 11.6 Å². The topological polar surface area (TPSA) is 20.2 Å². The summed E-state index contributed by atoms with van der Waals surface area (Å²) in [4.78, 5) is 0. The summed E-state index contributed by atoms with van der Waals surface area (Å²) < 4.78 is 0. The Balaban J connectivity index is 0. The first kappa shape index (κ1) is 9.61. The van der Waals surface area contributed by atoms with E-state index in [4.69, 9.17) is 16.7 Å². The molecule has 0 aromatic carbocycles. The summed E-state index contributed by atoms with van der Waals surface area (Å²) in [6.07, 6.45) is 0. The van der Waals surface area contributed by atoms with Crippen LogP contribution in [0.1, 0.15) is 6.92 Å². The smallest absolute Gasteiger partial charge is 0.125 e. The molecule has 0 aromatic heterocycles. The molecule has 0 fully saturated rings. The van der Waals surface area contributed by atoms with E-state index in [1.54, 1.807) is 0 Å². The summed E-state index contributed by atoms with van der Waals surface area (Å²) in [6, 6.07) is 0. The fourth-order valence-corrected chi connectivity index (χ4v) is 0. The fraction of sp³-hybridized carbons (Fsp3) is 1.00. The van der Waals surface area contributed by atoms with Gasteiger partial charge >= 0.3 is 0 Å². The van der Waals surface area contributed by atoms with Gasteiger partial charge in [-0.15, -0.1) is 0 Å². The summed E-state index contributed by atoms with van der Waals surface area (Å²) in [6.45, 7) is 1.49. The molecular formula is C2H5ClOY. The van der Waals surface area contributed by atoms with E-state index in [2.05, 4.69) is 0 Å². The van der Waals surface area contributed by atoms with E-state index in [0.717, 1.165) is 0 Å². The molecule has 0 aliphatic heterocycles. The van der Waals surface area contributed by atoms with Gasteiger partial charge in [-0.25, -0.2) is 0 Å². The Morgan fingerprint density at radius 3 is 1.80 bits per heavy atom. The van der Waals surface area contributed by atoms with Gasteiger partial charge in [-0.3, -0.25) is 0 Å². The standard InChI is InChI=1S/C2H5ClO.Y/c1-2(3)4;/h2,4H,1H3;. The molecule has 0 aromatic rings. The zero-order valence-corrected chi connectivity index (χ0v) is 6.57. The van der Waals surface area contributed by atoms with E-state index in [1.165, 1.54) is 6.92 Å². The normalized spacial score (nSPS) is 12.6. The van der Waals surface area contributed by atoms with Crippen molar-refractivity contribution in [1.82, 2.24) is 0 Å². The second-order valence-corrected chi connectivity index (χ2v) is 1.21. The first-order chi connectivity index (χ1) is 1.73. The molecule has 5 heavy (non-hydrogen) atoms. The molecule has 1 nitrogen and oxygen atoms in total. The minimum Gasteiger partial charge on any atom is -0.378 e. The molecule has 0 amide bonds. The molecule has 0 rings (SSSR count). The Morgan fingerprint density at radius 2 is 1.80 bits per heavy atom. The van der Waals surface area contributed by atoms with Crippen molar-refractivity contribution in [2.75, 3.05) is 0 Å². The van der Waals surface area contributed by atoms with E-state index in [-0.39, 0.29) is 32.7 Å². The molecule has 1 radical (unpaired) electrons. The average Bonchev–Trinajstić information content (AvgIpc) is 0.811. The van der Waals surface area contributed by atoms with Crippen LogP contribution < -0.4 is 0 Å². The van der Waals surface area contributed by atoms with Crippen LogP contribution in [-0.4, -0.2) is 10.7 Å². The van der Waals surface area contributed by atoms with E-state index in [1.807, 2.05) is 0 Å². The van der Waals surface area contributed by atoms with Crippen LogP contribution in [0.15, 0.2) is 0 Å². The number of alkyl halides is 1. The van der Waals surface area contributed by atoms with Crippen LogP contribution in [0.4, 0.5) is 0 Å². The molecule has 0 spiro atoms. The maximum absolute atomic E-state index is 7.82. The third-order valence-corrected chi connectivity index (χ3v) is 0. The molecule has 1 N–H and O–H groups in total. The molecule has 0 aliphatic carbocycles. The summed E-state index contributed by atoms with van der Waals surface area (Å²) in [5.41, 5.74) is -0.694. The molecule has 0 bridgehead atoms. The van der Waals surface area contributed by atoms with Crippen LogP contribution >= 0.6 is 11.6 Å². The molecule has 1 unspecified atom stereocenters. The Kier molecular flexibility index (Phi) is 10.3. The number of halogens is 1. The van der Waals surface area contributed by atoms with E-state index in [0.29, 0.717) is 0 Å². The fourth-order valence-electron chi connectivity index (χ4n) is 0. The second kappa shape index (κ2) is 5.35. The van der Waals surface area contributed by atoms with Crippen LogP contribution in [0.5, 0.6) is 0 Å². The van der Waals surface area contributed by atoms with E-state index in [9.17, 15) is 0 Å². The first-order valence-corrected chi connectivity index (χ1v) is 1.49. The number of aliphatic hydroxyl groups excluding tert-OH is 1. The Bertz CT molecular complexity index is 14.4. The second-order valence-electron chi connectivity index (χ2n) is 0.574. The van der Waals surface area contributed by atoms with Gasteiger partial charge < -0.3 is 5.11 Å². The summed E-state index contributed by atoms with van der Waals surface area (Å²) in [5, 5.41) is 7.82. The van der Waals surface area contributed by atoms with Gasteiger partial charge in [-0.2, -0.15) is 0 Å². The summed E-state index contributed by atoms with van der Waals surface area (Å²) in [7, 11) is 0. The molecular weight excluding hydrogens is 164 g/mol. The monoisotopic (exact) mass is 169 g/mol. The van der Waals surface area contributed by atoms with Gasteiger partial charge in [-0.05, 0) is 6.92 Å². The van der Waals surface area contributed by atoms with Gasteiger partial charge in [0.1, 0.15) is 5.56 Å². The van der Waals surface area contributed by atoms with E-state index >= 15 is 0 Å². The zero-order chi connectivity index (χ0) is 3.58. The van der Waals surface area contributed by atoms with Gasteiger partial charge in [0.05, 0.1) is 0 Å². The first-order valence-electron chi connectivity index (χ1n) is 1.05. The Morgan fingerprint density at radius 1 is 1.80 bits per heavy atom. The summed E-state index contributed by atoms with van der Waals surface area (Å²) >= 11 is 4.83. The maximum Gasteiger partial charge on any atom is 0.125 e. The number of rotatable bonds is 0. The Labute approximate surface area is 61.6 Å². The van der Waals surface area contributed by atoms with Gasteiger partial charge in [0.15, 0.2) is 0 Å². The molecule has 0 aliphatic rings. The number of hydrogen-bond acceptors (Lipinski definition) is 1. The molecule has 1 atom stereocenters. The zero-order valence-electron chi connectivity index (χ0n) is 2.98. The van der Waals surface area contributed by atoms with E-state index < -0.39 is 5.56 Å². The summed E-state index contributed by atoms with van der Waals surface area (Å²) in [5.74, 6) is 0. The van der Waals surface area contributed by atoms with Gasteiger partial charge in [0, 0.05) is 32.7 Å². The maximum atomic E-state index is 7.82. The van der Waals surface area contributed by atoms with Crippen LogP contribution in [0.3, 0.4) is 0 Å². The molecule has 3 heteroatoms. The quantitative estimate of drug-likeness (QED) is 0.526. The van der Waals surface area contributed by atoms with Crippen molar-refractivity contribution in [2.45, 2.75) is 12.5 Å². The van der Waals surface area contributed by atoms with Gasteiger partial charge in [0.25, 0.3) is 0 Å².